The van der Waals surface area contributed by atoms with Gasteiger partial charge >= 0.3 is 6.61 Å². The van der Waals surface area contributed by atoms with Gasteiger partial charge in [0.2, 0.25) is 0 Å². The normalized spacial score (nSPS) is 11.8. The van der Waals surface area contributed by atoms with E-state index in [-0.39, 0.29) is 23.6 Å². The summed E-state index contributed by atoms with van der Waals surface area (Å²) in [6.45, 7) is -2.98. The number of nitriles is 1. The first-order chi connectivity index (χ1) is 11.0. The van der Waals surface area contributed by atoms with Crippen molar-refractivity contribution in [2.45, 2.75) is 12.7 Å². The van der Waals surface area contributed by atoms with E-state index in [1.54, 1.807) is 0 Å². The second-order valence-electron chi connectivity index (χ2n) is 4.59. The maximum Gasteiger partial charge on any atom is 0.387 e. The molecule has 1 unspecified atom stereocenters. The maximum atomic E-state index is 12.0. The fourth-order valence-corrected chi connectivity index (χ4v) is 1.87. The molecule has 1 heterocycles. The largest absolute Gasteiger partial charge is 0.435 e. The summed E-state index contributed by atoms with van der Waals surface area (Å²) in [7, 11) is 0. The van der Waals surface area contributed by atoms with Crippen molar-refractivity contribution in [1.82, 2.24) is 10.3 Å². The van der Waals surface area contributed by atoms with E-state index in [0.717, 1.165) is 0 Å². The lowest BCUT2D eigenvalue weighted by atomic mass is 10.1. The molecule has 8 heteroatoms. The van der Waals surface area contributed by atoms with E-state index in [1.165, 1.54) is 36.5 Å². The minimum atomic E-state index is -2.91. The molecule has 0 bridgehead atoms. The highest BCUT2D eigenvalue weighted by atomic mass is 19.3. The molecule has 1 aromatic heterocycles. The number of alkyl halides is 2. The summed E-state index contributed by atoms with van der Waals surface area (Å²) >= 11 is 0. The smallest absolute Gasteiger partial charge is 0.387 e. The molecule has 2 aromatic rings. The minimum Gasteiger partial charge on any atom is -0.435 e. The maximum absolute atomic E-state index is 12.0. The Morgan fingerprint density at radius 3 is 2.65 bits per heavy atom. The van der Waals surface area contributed by atoms with E-state index in [1.807, 2.05) is 6.07 Å². The number of carbonyl (C=O) groups excluding carboxylic acids is 1. The van der Waals surface area contributed by atoms with Crippen LogP contribution in [0.2, 0.25) is 0 Å². The third kappa shape index (κ3) is 4.52. The lowest BCUT2D eigenvalue weighted by Crippen LogP contribution is -2.28. The molecule has 0 radical (unpaired) electrons. The second kappa shape index (κ2) is 7.38. The zero-order chi connectivity index (χ0) is 16.8. The number of benzene rings is 1. The molecule has 0 saturated heterocycles. The molecule has 1 amide bonds. The molecule has 0 spiro atoms. The van der Waals surface area contributed by atoms with Gasteiger partial charge in [0.1, 0.15) is 17.5 Å². The quantitative estimate of drug-likeness (QED) is 0.757. The highest BCUT2D eigenvalue weighted by molar-refractivity contribution is 5.94. The molecule has 0 aliphatic rings. The van der Waals surface area contributed by atoms with Gasteiger partial charge in [0, 0.05) is 12.7 Å². The van der Waals surface area contributed by atoms with Gasteiger partial charge in [0.15, 0.2) is 0 Å². The Kier molecular flexibility index (Phi) is 5.28. The minimum absolute atomic E-state index is 0.0173. The number of carbonyl (C=O) groups is 1. The Morgan fingerprint density at radius 1 is 1.39 bits per heavy atom. The van der Waals surface area contributed by atoms with Crippen molar-refractivity contribution in [2.24, 2.45) is 0 Å². The monoisotopic (exact) mass is 321 g/mol. The van der Waals surface area contributed by atoms with E-state index >= 15 is 0 Å². The van der Waals surface area contributed by atoms with Crippen molar-refractivity contribution in [2.75, 3.05) is 6.54 Å². The van der Waals surface area contributed by atoms with Gasteiger partial charge in [-0.25, -0.2) is 0 Å². The van der Waals surface area contributed by atoms with Gasteiger partial charge < -0.3 is 20.1 Å². The van der Waals surface area contributed by atoms with Gasteiger partial charge in [-0.3, -0.25) is 4.79 Å². The van der Waals surface area contributed by atoms with Crippen LogP contribution in [0, 0.1) is 11.3 Å². The van der Waals surface area contributed by atoms with E-state index in [2.05, 4.69) is 15.0 Å². The Hall–Kier alpha value is -2.92. The first kappa shape index (κ1) is 16.5. The molecule has 0 aliphatic carbocycles. The SMILES string of the molecule is N#Cc1cc(C(=O)NCC(O)c2ccc(OC(F)F)cc2)c[nH]1. The molecule has 1 aromatic carbocycles. The first-order valence-electron chi connectivity index (χ1n) is 6.59. The number of nitrogens with one attached hydrogen (secondary N) is 2. The van der Waals surface area contributed by atoms with Crippen LogP contribution in [0.4, 0.5) is 8.78 Å². The molecule has 0 aliphatic heterocycles. The number of aliphatic hydroxyl groups excluding tert-OH is 1. The fourth-order valence-electron chi connectivity index (χ4n) is 1.87. The Labute approximate surface area is 130 Å². The lowest BCUT2D eigenvalue weighted by Gasteiger charge is -2.12. The van der Waals surface area contributed by atoms with Gasteiger partial charge in [0.25, 0.3) is 5.91 Å². The molecule has 120 valence electrons. The Bertz CT molecular complexity index is 708. The first-order valence-corrected chi connectivity index (χ1v) is 6.59. The van der Waals surface area contributed by atoms with Crippen LogP contribution in [0.15, 0.2) is 36.5 Å². The fraction of sp³-hybridized carbons (Fsp3) is 0.200. The van der Waals surface area contributed by atoms with Crippen molar-refractivity contribution >= 4 is 5.91 Å². The van der Waals surface area contributed by atoms with Gasteiger partial charge in [-0.1, -0.05) is 12.1 Å². The number of aromatic amines is 1. The average molecular weight is 321 g/mol. The molecule has 0 saturated carbocycles. The van der Waals surface area contributed by atoms with E-state index in [4.69, 9.17) is 5.26 Å². The van der Waals surface area contributed by atoms with Crippen LogP contribution >= 0.6 is 0 Å². The number of nitrogens with zero attached hydrogens (tertiary/aromatic N) is 1. The predicted molar refractivity (Wildman–Crippen MR) is 75.9 cm³/mol. The summed E-state index contributed by atoms with van der Waals surface area (Å²) in [5.41, 5.74) is 0.971. The summed E-state index contributed by atoms with van der Waals surface area (Å²) in [6.07, 6.45) is 0.380. The van der Waals surface area contributed by atoms with Crippen molar-refractivity contribution in [3.8, 4) is 11.8 Å². The van der Waals surface area contributed by atoms with Crippen molar-refractivity contribution < 1.29 is 23.4 Å². The van der Waals surface area contributed by atoms with Crippen LogP contribution in [0.5, 0.6) is 5.75 Å². The molecule has 2 rings (SSSR count). The number of aliphatic hydroxyl groups is 1. The van der Waals surface area contributed by atoms with E-state index in [9.17, 15) is 18.7 Å². The summed E-state index contributed by atoms with van der Waals surface area (Å²) in [4.78, 5) is 14.4. The number of amides is 1. The number of hydrogen-bond acceptors (Lipinski definition) is 4. The predicted octanol–water partition coefficient (Wildman–Crippen LogP) is 1.95. The summed E-state index contributed by atoms with van der Waals surface area (Å²) in [5, 5.41) is 21.2. The van der Waals surface area contributed by atoms with E-state index in [0.29, 0.717) is 5.56 Å². The zero-order valence-corrected chi connectivity index (χ0v) is 11.8. The van der Waals surface area contributed by atoms with Crippen LogP contribution in [0.25, 0.3) is 0 Å². The van der Waals surface area contributed by atoms with Crippen LogP contribution in [0.1, 0.15) is 27.7 Å². The molecular weight excluding hydrogens is 308 g/mol. The topological polar surface area (TPSA) is 98.1 Å². The summed E-state index contributed by atoms with van der Waals surface area (Å²) < 4.78 is 28.3. The van der Waals surface area contributed by atoms with Gasteiger partial charge in [-0.05, 0) is 23.8 Å². The highest BCUT2D eigenvalue weighted by Crippen LogP contribution is 2.19. The van der Waals surface area contributed by atoms with Crippen molar-refractivity contribution in [3.05, 3.63) is 53.3 Å². The second-order valence-corrected chi connectivity index (χ2v) is 4.59. The molecule has 23 heavy (non-hydrogen) atoms. The zero-order valence-electron chi connectivity index (χ0n) is 11.8. The number of rotatable bonds is 6. The lowest BCUT2D eigenvalue weighted by molar-refractivity contribution is -0.0498. The van der Waals surface area contributed by atoms with Crippen LogP contribution in [0.3, 0.4) is 0 Å². The van der Waals surface area contributed by atoms with E-state index < -0.39 is 18.6 Å². The van der Waals surface area contributed by atoms with Crippen molar-refractivity contribution in [1.29, 1.82) is 5.26 Å². The Balaban J connectivity index is 1.90. The highest BCUT2D eigenvalue weighted by Gasteiger charge is 2.13. The molecule has 6 nitrogen and oxygen atoms in total. The standard InChI is InChI=1S/C15H13F2N3O3/c16-15(17)23-12-3-1-9(2-4-12)13(21)8-20-14(22)10-5-11(6-18)19-7-10/h1-5,7,13,15,19,21H,8H2,(H,20,22). The summed E-state index contributed by atoms with van der Waals surface area (Å²) in [6, 6.07) is 8.71. The van der Waals surface area contributed by atoms with Crippen LogP contribution in [-0.4, -0.2) is 29.2 Å². The average Bonchev–Trinajstić information content (AvgIpc) is 3.01. The van der Waals surface area contributed by atoms with Crippen LogP contribution < -0.4 is 10.1 Å². The molecule has 3 N–H and O–H groups in total. The van der Waals surface area contributed by atoms with Gasteiger partial charge in [-0.15, -0.1) is 0 Å². The molecular formula is C15H13F2N3O3. The van der Waals surface area contributed by atoms with Crippen molar-refractivity contribution in [3.63, 3.8) is 0 Å². The number of aromatic nitrogens is 1. The number of hydrogen-bond donors (Lipinski definition) is 3. The summed E-state index contributed by atoms with van der Waals surface area (Å²) in [5.74, 6) is -0.462. The third-order valence-corrected chi connectivity index (χ3v) is 3.01. The molecule has 0 fully saturated rings. The van der Waals surface area contributed by atoms with Gasteiger partial charge in [-0.2, -0.15) is 14.0 Å². The number of halogens is 2. The number of ether oxygens (including phenoxy) is 1. The number of H-pyrrole nitrogens is 1. The third-order valence-electron chi connectivity index (χ3n) is 3.01. The van der Waals surface area contributed by atoms with Gasteiger partial charge in [0.05, 0.1) is 11.7 Å². The van der Waals surface area contributed by atoms with Crippen LogP contribution in [-0.2, 0) is 0 Å². The molecule has 1 atom stereocenters. The Morgan fingerprint density at radius 2 is 2.09 bits per heavy atom.